The minimum absolute atomic E-state index is 0.182. The molecule has 0 unspecified atom stereocenters. The molecule has 0 atom stereocenters. The number of hydrogen-bond acceptors (Lipinski definition) is 5. The zero-order chi connectivity index (χ0) is 16.0. The van der Waals surface area contributed by atoms with E-state index < -0.39 is 4.92 Å². The Kier molecular flexibility index (Phi) is 6.08. The van der Waals surface area contributed by atoms with Crippen molar-refractivity contribution in [1.29, 1.82) is 0 Å². The number of aromatic nitrogens is 1. The normalized spacial score (nSPS) is 10.5. The summed E-state index contributed by atoms with van der Waals surface area (Å²) in [5.41, 5.74) is 0.0548. The molecule has 1 N–H and O–H groups in total. The lowest BCUT2D eigenvalue weighted by atomic mass is 10.1. The zero-order valence-corrected chi connectivity index (χ0v) is 12.9. The van der Waals surface area contributed by atoms with E-state index in [9.17, 15) is 14.9 Å². The fraction of sp³-hybridized carbons (Fsp3) is 0.571. The summed E-state index contributed by atoms with van der Waals surface area (Å²) in [4.78, 5) is 28.4. The monoisotopic (exact) mass is 294 g/mol. The number of carbonyl (C=O) groups is 1. The van der Waals surface area contributed by atoms with Crippen molar-refractivity contribution in [2.75, 3.05) is 25.5 Å². The summed E-state index contributed by atoms with van der Waals surface area (Å²) in [6.07, 6.45) is 2.03. The fourth-order valence-electron chi connectivity index (χ4n) is 1.94. The van der Waals surface area contributed by atoms with Crippen molar-refractivity contribution in [1.82, 2.24) is 9.88 Å². The highest BCUT2D eigenvalue weighted by molar-refractivity contribution is 5.99. The van der Waals surface area contributed by atoms with E-state index in [0.29, 0.717) is 24.8 Å². The summed E-state index contributed by atoms with van der Waals surface area (Å²) in [5, 5.41) is 13.9. The maximum absolute atomic E-state index is 12.5. The highest BCUT2D eigenvalue weighted by Crippen LogP contribution is 2.21. The van der Waals surface area contributed by atoms with Crippen LogP contribution in [0.1, 0.15) is 37.6 Å². The van der Waals surface area contributed by atoms with Gasteiger partial charge in [-0.3, -0.25) is 14.9 Å². The van der Waals surface area contributed by atoms with Gasteiger partial charge in [0.05, 0.1) is 10.5 Å². The molecule has 0 bridgehead atoms. The smallest absolute Gasteiger partial charge is 0.288 e. The average molecular weight is 294 g/mol. The summed E-state index contributed by atoms with van der Waals surface area (Å²) in [7, 11) is 1.69. The Morgan fingerprint density at radius 1 is 1.52 bits per heavy atom. The fourth-order valence-corrected chi connectivity index (χ4v) is 1.94. The maximum atomic E-state index is 12.5. The van der Waals surface area contributed by atoms with Crippen LogP contribution in [0.3, 0.4) is 0 Å². The molecule has 0 fully saturated rings. The topological polar surface area (TPSA) is 88.4 Å². The van der Waals surface area contributed by atoms with Gasteiger partial charge in [0, 0.05) is 26.2 Å². The van der Waals surface area contributed by atoms with E-state index in [1.54, 1.807) is 11.9 Å². The van der Waals surface area contributed by atoms with Gasteiger partial charge in [-0.25, -0.2) is 4.98 Å². The number of carbonyl (C=O) groups excluding carboxylic acids is 1. The quantitative estimate of drug-likeness (QED) is 0.616. The first-order chi connectivity index (χ1) is 9.86. The molecule has 1 amide bonds. The van der Waals surface area contributed by atoms with Crippen LogP contribution < -0.4 is 5.32 Å². The Hall–Kier alpha value is -2.18. The second-order valence-corrected chi connectivity index (χ2v) is 5.35. The Labute approximate surface area is 124 Å². The van der Waals surface area contributed by atoms with Gasteiger partial charge in [-0.05, 0) is 12.3 Å². The van der Waals surface area contributed by atoms with Gasteiger partial charge in [0.25, 0.3) is 11.6 Å². The third kappa shape index (κ3) is 4.70. The maximum Gasteiger partial charge on any atom is 0.288 e. The highest BCUT2D eigenvalue weighted by atomic mass is 16.6. The van der Waals surface area contributed by atoms with Crippen molar-refractivity contribution in [3.05, 3.63) is 27.9 Å². The second kappa shape index (κ2) is 7.56. The Balaban J connectivity index is 3.12. The number of nitro groups is 1. The summed E-state index contributed by atoms with van der Waals surface area (Å²) in [6, 6.07) is 1.28. The highest BCUT2D eigenvalue weighted by Gasteiger charge is 2.21. The molecule has 0 aliphatic rings. The van der Waals surface area contributed by atoms with E-state index in [1.807, 2.05) is 20.8 Å². The molecule has 0 saturated heterocycles. The van der Waals surface area contributed by atoms with Crippen molar-refractivity contribution < 1.29 is 9.72 Å². The first kappa shape index (κ1) is 16.9. The first-order valence-electron chi connectivity index (χ1n) is 7.00. The van der Waals surface area contributed by atoms with E-state index in [4.69, 9.17) is 0 Å². The largest absolute Gasteiger partial charge is 0.369 e. The molecule has 1 heterocycles. The van der Waals surface area contributed by atoms with Crippen molar-refractivity contribution >= 4 is 17.4 Å². The lowest BCUT2D eigenvalue weighted by Gasteiger charge is -2.20. The van der Waals surface area contributed by atoms with Crippen LogP contribution in [-0.4, -0.2) is 40.9 Å². The van der Waals surface area contributed by atoms with E-state index in [0.717, 1.165) is 12.6 Å². The predicted octanol–water partition coefficient (Wildman–Crippen LogP) is 2.54. The molecule has 0 spiro atoms. The van der Waals surface area contributed by atoms with Gasteiger partial charge in [0.15, 0.2) is 0 Å². The zero-order valence-electron chi connectivity index (χ0n) is 12.9. The molecule has 0 aliphatic heterocycles. The minimum atomic E-state index is -0.546. The molecule has 7 heteroatoms. The molecule has 1 aromatic heterocycles. The van der Waals surface area contributed by atoms with Crippen LogP contribution >= 0.6 is 0 Å². The standard InChI is InChI=1S/C14H22N4O3/c1-5-6-15-13-12(7-11(8-16-13)18(20)21)14(19)17(4)9-10(2)3/h7-8,10H,5-6,9H2,1-4H3,(H,15,16). The van der Waals surface area contributed by atoms with Gasteiger partial charge < -0.3 is 10.2 Å². The molecule has 1 aromatic rings. The molecule has 0 aromatic carbocycles. The second-order valence-electron chi connectivity index (χ2n) is 5.35. The van der Waals surface area contributed by atoms with Gasteiger partial charge in [-0.15, -0.1) is 0 Å². The predicted molar refractivity (Wildman–Crippen MR) is 81.5 cm³/mol. The first-order valence-corrected chi connectivity index (χ1v) is 7.00. The van der Waals surface area contributed by atoms with Gasteiger partial charge in [-0.2, -0.15) is 0 Å². The van der Waals surface area contributed by atoms with E-state index in [-0.39, 0.29) is 17.2 Å². The summed E-state index contributed by atoms with van der Waals surface area (Å²) in [5.74, 6) is 0.444. The van der Waals surface area contributed by atoms with Crippen molar-refractivity contribution in [2.24, 2.45) is 5.92 Å². The average Bonchev–Trinajstić information content (AvgIpc) is 2.43. The Morgan fingerprint density at radius 2 is 2.19 bits per heavy atom. The molecule has 21 heavy (non-hydrogen) atoms. The van der Waals surface area contributed by atoms with Gasteiger partial charge >= 0.3 is 0 Å². The van der Waals surface area contributed by atoms with Crippen LogP contribution in [0.5, 0.6) is 0 Å². The number of nitrogens with one attached hydrogen (secondary N) is 1. The number of pyridine rings is 1. The molecule has 0 saturated carbocycles. The van der Waals surface area contributed by atoms with Crippen molar-refractivity contribution in [2.45, 2.75) is 27.2 Å². The molecule has 0 aliphatic carbocycles. The van der Waals surface area contributed by atoms with Gasteiger partial charge in [0.1, 0.15) is 12.0 Å². The van der Waals surface area contributed by atoms with Crippen LogP contribution in [0.4, 0.5) is 11.5 Å². The molecule has 116 valence electrons. The molecule has 1 rings (SSSR count). The summed E-state index contributed by atoms with van der Waals surface area (Å²) >= 11 is 0. The van der Waals surface area contributed by atoms with Crippen LogP contribution in [0, 0.1) is 16.0 Å². The van der Waals surface area contributed by atoms with Crippen molar-refractivity contribution in [3.8, 4) is 0 Å². The van der Waals surface area contributed by atoms with E-state index >= 15 is 0 Å². The molecule has 0 radical (unpaired) electrons. The Bertz CT molecular complexity index is 517. The van der Waals surface area contributed by atoms with E-state index in [1.165, 1.54) is 6.07 Å². The SMILES string of the molecule is CCCNc1ncc([N+](=O)[O-])cc1C(=O)N(C)CC(C)C. The lowest BCUT2D eigenvalue weighted by molar-refractivity contribution is -0.385. The number of hydrogen-bond donors (Lipinski definition) is 1. The third-order valence-electron chi connectivity index (χ3n) is 2.84. The van der Waals surface area contributed by atoms with Gasteiger partial charge in [0.2, 0.25) is 0 Å². The number of amides is 1. The Morgan fingerprint density at radius 3 is 2.71 bits per heavy atom. The molecular formula is C14H22N4O3. The summed E-state index contributed by atoms with van der Waals surface area (Å²) in [6.45, 7) is 7.23. The molecular weight excluding hydrogens is 272 g/mol. The van der Waals surface area contributed by atoms with Crippen LogP contribution in [0.2, 0.25) is 0 Å². The number of anilines is 1. The van der Waals surface area contributed by atoms with Gasteiger partial charge in [-0.1, -0.05) is 20.8 Å². The number of nitrogens with zero attached hydrogens (tertiary/aromatic N) is 3. The minimum Gasteiger partial charge on any atom is -0.369 e. The summed E-state index contributed by atoms with van der Waals surface area (Å²) < 4.78 is 0. The van der Waals surface area contributed by atoms with Crippen LogP contribution in [0.25, 0.3) is 0 Å². The van der Waals surface area contributed by atoms with Crippen LogP contribution in [0.15, 0.2) is 12.3 Å². The lowest BCUT2D eigenvalue weighted by Crippen LogP contribution is -2.31. The van der Waals surface area contributed by atoms with Crippen molar-refractivity contribution in [3.63, 3.8) is 0 Å². The molecule has 7 nitrogen and oxygen atoms in total. The number of rotatable bonds is 7. The van der Waals surface area contributed by atoms with E-state index in [2.05, 4.69) is 10.3 Å². The third-order valence-corrected chi connectivity index (χ3v) is 2.84. The van der Waals surface area contributed by atoms with Crippen LogP contribution in [-0.2, 0) is 0 Å².